The molecule has 1 aliphatic heterocycles. The molecule has 6 nitrogen and oxygen atoms in total. The van der Waals surface area contributed by atoms with Crippen LogP contribution in [0.1, 0.15) is 20.8 Å². The van der Waals surface area contributed by atoms with Crippen molar-refractivity contribution in [3.8, 4) is 0 Å². The van der Waals surface area contributed by atoms with Gasteiger partial charge in [-0.25, -0.2) is 13.1 Å². The third kappa shape index (κ3) is 3.73. The smallest absolute Gasteiger partial charge is 0.262 e. The highest BCUT2D eigenvalue weighted by molar-refractivity contribution is 7.89. The van der Waals surface area contributed by atoms with Gasteiger partial charge in [-0.2, -0.15) is 0 Å². The topological polar surface area (TPSA) is 95.5 Å². The van der Waals surface area contributed by atoms with Crippen LogP contribution < -0.4 is 10.0 Å². The monoisotopic (exact) mass is 402 g/mol. The van der Waals surface area contributed by atoms with Gasteiger partial charge in [0.15, 0.2) is 0 Å². The zero-order chi connectivity index (χ0) is 19.6. The molecule has 0 spiro atoms. The molecule has 2 heterocycles. The summed E-state index contributed by atoms with van der Waals surface area (Å²) in [5.74, 6) is -0.223. The SMILES string of the molecule is C=C1/C(c2ccc(S(=O)(=O)NC)cc2)=C(O)\C=C/CNC(=O)c2sccc21. The number of carbonyl (C=O) groups is 1. The Morgan fingerprint density at radius 3 is 2.59 bits per heavy atom. The molecule has 0 saturated heterocycles. The number of aliphatic hydroxyl groups is 1. The molecule has 0 unspecified atom stereocenters. The van der Waals surface area contributed by atoms with Gasteiger partial charge in [0.2, 0.25) is 10.0 Å². The number of benzene rings is 1. The summed E-state index contributed by atoms with van der Waals surface area (Å²) in [5.41, 5.74) is 2.14. The maximum atomic E-state index is 12.3. The predicted octanol–water partition coefficient (Wildman–Crippen LogP) is 2.94. The van der Waals surface area contributed by atoms with Gasteiger partial charge in [-0.05, 0) is 47.8 Å². The molecular formula is C19H18N2O4S2. The summed E-state index contributed by atoms with van der Waals surface area (Å²) in [5, 5.41) is 15.2. The van der Waals surface area contributed by atoms with E-state index in [0.29, 0.717) is 27.2 Å². The number of amides is 1. The Balaban J connectivity index is 2.14. The highest BCUT2D eigenvalue weighted by Gasteiger charge is 2.21. The molecule has 8 heteroatoms. The van der Waals surface area contributed by atoms with E-state index in [1.54, 1.807) is 29.7 Å². The molecule has 1 amide bonds. The molecule has 2 aromatic rings. The second-order valence-electron chi connectivity index (χ2n) is 5.75. The minimum absolute atomic E-state index is 0.0162. The van der Waals surface area contributed by atoms with Crippen LogP contribution >= 0.6 is 11.3 Å². The van der Waals surface area contributed by atoms with Crippen LogP contribution in [0, 0.1) is 0 Å². The lowest BCUT2D eigenvalue weighted by Crippen LogP contribution is -2.23. The lowest BCUT2D eigenvalue weighted by molar-refractivity contribution is 0.0961. The van der Waals surface area contributed by atoms with Crippen molar-refractivity contribution < 1.29 is 18.3 Å². The van der Waals surface area contributed by atoms with Crippen LogP contribution in [0.2, 0.25) is 0 Å². The van der Waals surface area contributed by atoms with E-state index >= 15 is 0 Å². The van der Waals surface area contributed by atoms with Crippen LogP contribution in [0.15, 0.2) is 65.1 Å². The first-order chi connectivity index (χ1) is 12.8. The predicted molar refractivity (Wildman–Crippen MR) is 107 cm³/mol. The van der Waals surface area contributed by atoms with Crippen molar-refractivity contribution >= 4 is 38.4 Å². The number of aliphatic hydroxyl groups excluding tert-OH is 1. The minimum Gasteiger partial charge on any atom is -0.507 e. The van der Waals surface area contributed by atoms with Gasteiger partial charge in [0.1, 0.15) is 5.76 Å². The van der Waals surface area contributed by atoms with E-state index in [4.69, 9.17) is 0 Å². The molecule has 0 atom stereocenters. The minimum atomic E-state index is -3.56. The third-order valence-corrected chi connectivity index (χ3v) is 6.48. The van der Waals surface area contributed by atoms with E-state index in [-0.39, 0.29) is 23.1 Å². The maximum absolute atomic E-state index is 12.3. The summed E-state index contributed by atoms with van der Waals surface area (Å²) in [6, 6.07) is 7.90. The Bertz CT molecular complexity index is 1060. The normalized spacial score (nSPS) is 19.3. The van der Waals surface area contributed by atoms with Crippen LogP contribution in [0.25, 0.3) is 11.1 Å². The molecule has 0 radical (unpaired) electrons. The Morgan fingerprint density at radius 1 is 1.22 bits per heavy atom. The number of thiophene rings is 1. The summed E-state index contributed by atoms with van der Waals surface area (Å²) >= 11 is 1.29. The first kappa shape index (κ1) is 19.1. The van der Waals surface area contributed by atoms with E-state index < -0.39 is 10.0 Å². The quantitative estimate of drug-likeness (QED) is 0.736. The van der Waals surface area contributed by atoms with E-state index in [2.05, 4.69) is 16.6 Å². The van der Waals surface area contributed by atoms with Crippen molar-refractivity contribution in [2.45, 2.75) is 4.90 Å². The average molecular weight is 402 g/mol. The van der Waals surface area contributed by atoms with E-state index in [9.17, 15) is 18.3 Å². The molecule has 140 valence electrons. The summed E-state index contributed by atoms with van der Waals surface area (Å²) in [6.45, 7) is 4.35. The summed E-state index contributed by atoms with van der Waals surface area (Å²) in [6.07, 6.45) is 3.13. The van der Waals surface area contributed by atoms with Crippen molar-refractivity contribution in [3.63, 3.8) is 0 Å². The molecule has 3 rings (SSSR count). The molecule has 1 aromatic carbocycles. The number of sulfonamides is 1. The van der Waals surface area contributed by atoms with Crippen LogP contribution in [-0.4, -0.2) is 33.0 Å². The van der Waals surface area contributed by atoms with E-state index in [1.165, 1.54) is 36.6 Å². The number of fused-ring (bicyclic) bond motifs is 1. The molecule has 0 aliphatic carbocycles. The van der Waals surface area contributed by atoms with Gasteiger partial charge >= 0.3 is 0 Å². The maximum Gasteiger partial charge on any atom is 0.262 e. The third-order valence-electron chi connectivity index (χ3n) is 4.13. The Hall–Kier alpha value is -2.68. The Morgan fingerprint density at radius 2 is 1.93 bits per heavy atom. The van der Waals surface area contributed by atoms with E-state index in [1.807, 2.05) is 0 Å². The van der Waals surface area contributed by atoms with Crippen molar-refractivity contribution in [1.82, 2.24) is 10.0 Å². The number of hydrogen-bond acceptors (Lipinski definition) is 5. The van der Waals surface area contributed by atoms with Crippen molar-refractivity contribution in [1.29, 1.82) is 0 Å². The van der Waals surface area contributed by atoms with Gasteiger partial charge < -0.3 is 10.4 Å². The molecule has 27 heavy (non-hydrogen) atoms. The van der Waals surface area contributed by atoms with Crippen LogP contribution in [0.5, 0.6) is 0 Å². The first-order valence-corrected chi connectivity index (χ1v) is 10.4. The molecule has 1 aromatic heterocycles. The summed E-state index contributed by atoms with van der Waals surface area (Å²) in [7, 11) is -2.22. The Kier molecular flexibility index (Phi) is 5.31. The fraction of sp³-hybridized carbons (Fsp3) is 0.105. The zero-order valence-electron chi connectivity index (χ0n) is 14.5. The van der Waals surface area contributed by atoms with Crippen molar-refractivity contribution in [2.75, 3.05) is 13.6 Å². The number of carbonyl (C=O) groups excluding carboxylic acids is 1. The van der Waals surface area contributed by atoms with Gasteiger partial charge in [0.25, 0.3) is 5.91 Å². The fourth-order valence-corrected chi connectivity index (χ4v) is 4.31. The lowest BCUT2D eigenvalue weighted by atomic mass is 9.92. The van der Waals surface area contributed by atoms with Crippen molar-refractivity contribution in [3.05, 3.63) is 76.2 Å². The van der Waals surface area contributed by atoms with Crippen molar-refractivity contribution in [2.24, 2.45) is 0 Å². The lowest BCUT2D eigenvalue weighted by Gasteiger charge is -2.15. The standard InChI is InChI=1S/C19H18N2O4S2/c1-12-15-9-11-26-18(15)19(23)21-10-3-4-16(22)17(12)13-5-7-14(8-6-13)27(24,25)20-2/h3-9,11,20,22H,1,10H2,2H3,(H,21,23)/b4-3-,17-16-. The van der Waals surface area contributed by atoms with Gasteiger partial charge in [-0.15, -0.1) is 11.3 Å². The van der Waals surface area contributed by atoms with Crippen LogP contribution in [0.3, 0.4) is 0 Å². The van der Waals surface area contributed by atoms with Gasteiger partial charge in [0, 0.05) is 17.7 Å². The average Bonchev–Trinajstić information content (AvgIpc) is 3.15. The molecule has 0 bridgehead atoms. The number of rotatable bonds is 3. The second kappa shape index (κ2) is 7.51. The number of allylic oxidation sites excluding steroid dienone is 3. The molecule has 3 N–H and O–H groups in total. The summed E-state index contributed by atoms with van der Waals surface area (Å²) in [4.78, 5) is 12.9. The first-order valence-electron chi connectivity index (χ1n) is 8.04. The largest absolute Gasteiger partial charge is 0.507 e. The second-order valence-corrected chi connectivity index (χ2v) is 8.55. The molecule has 0 fully saturated rings. The fourth-order valence-electron chi connectivity index (χ4n) is 2.74. The van der Waals surface area contributed by atoms with E-state index in [0.717, 1.165) is 0 Å². The summed E-state index contributed by atoms with van der Waals surface area (Å²) < 4.78 is 26.1. The number of hydrogen-bond donors (Lipinski definition) is 3. The van der Waals surface area contributed by atoms with Gasteiger partial charge in [0.05, 0.1) is 9.77 Å². The molecular weight excluding hydrogens is 384 g/mol. The Labute approximate surface area is 161 Å². The highest BCUT2D eigenvalue weighted by Crippen LogP contribution is 2.36. The molecule has 0 saturated carbocycles. The van der Waals surface area contributed by atoms with Crippen LogP contribution in [0.4, 0.5) is 0 Å². The van der Waals surface area contributed by atoms with Gasteiger partial charge in [-0.3, -0.25) is 4.79 Å². The zero-order valence-corrected chi connectivity index (χ0v) is 16.2. The van der Waals surface area contributed by atoms with Crippen LogP contribution in [-0.2, 0) is 10.0 Å². The van der Waals surface area contributed by atoms with Gasteiger partial charge in [-0.1, -0.05) is 24.8 Å². The number of nitrogens with one attached hydrogen (secondary N) is 2. The molecule has 1 aliphatic rings. The highest BCUT2D eigenvalue weighted by atomic mass is 32.2.